The largest absolute Gasteiger partial charge is 0.455 e. The molecule has 2 atom stereocenters. The van der Waals surface area contributed by atoms with E-state index in [-0.39, 0.29) is 11.7 Å². The Kier molecular flexibility index (Phi) is 4.65. The number of fused-ring (bicyclic) bond motifs is 5. The highest BCUT2D eigenvalue weighted by atomic mass is 16.3. The molecule has 0 spiro atoms. The maximum absolute atomic E-state index is 13.7. The number of furan rings is 1. The van der Waals surface area contributed by atoms with Crippen LogP contribution in [0.25, 0.3) is 21.9 Å². The van der Waals surface area contributed by atoms with E-state index in [9.17, 15) is 4.79 Å². The van der Waals surface area contributed by atoms with Crippen molar-refractivity contribution >= 4 is 27.7 Å². The monoisotopic (exact) mass is 409 g/mol. The lowest BCUT2D eigenvalue weighted by Crippen LogP contribution is -2.52. The standard InChI is InChI=1S/C28H27NO2/c30-27(25-14-7-13-24-23-12-4-5-15-26(23)31-28(24)25)20-16-21-10-6-11-22(17-20)29(21)18-19-8-2-1-3-9-19/h1-5,7-9,12-15,20-22H,6,10-11,16-18H2. The van der Waals surface area contributed by atoms with Crippen LogP contribution in [0.3, 0.4) is 0 Å². The average molecular weight is 410 g/mol. The molecule has 2 fully saturated rings. The highest BCUT2D eigenvalue weighted by Gasteiger charge is 2.41. The minimum absolute atomic E-state index is 0.0844. The van der Waals surface area contributed by atoms with Gasteiger partial charge in [0, 0.05) is 35.3 Å². The third-order valence-corrected chi connectivity index (χ3v) is 7.37. The van der Waals surface area contributed by atoms with Gasteiger partial charge in [0.15, 0.2) is 5.78 Å². The summed E-state index contributed by atoms with van der Waals surface area (Å²) in [5.74, 6) is 0.349. The van der Waals surface area contributed by atoms with E-state index in [1.807, 2.05) is 30.3 Å². The van der Waals surface area contributed by atoms with Crippen LogP contribution < -0.4 is 0 Å². The van der Waals surface area contributed by atoms with E-state index in [2.05, 4.69) is 47.4 Å². The SMILES string of the molecule is O=C(c1cccc2c1oc1ccccc12)C1CC2CCCC(C1)N2Cc1ccccc1. The number of carbonyl (C=O) groups excluding carboxylic acids is 1. The predicted molar refractivity (Wildman–Crippen MR) is 124 cm³/mol. The molecule has 3 nitrogen and oxygen atoms in total. The summed E-state index contributed by atoms with van der Waals surface area (Å²) in [5, 5.41) is 2.13. The molecule has 3 heterocycles. The number of carbonyl (C=O) groups is 1. The van der Waals surface area contributed by atoms with Crippen LogP contribution in [-0.4, -0.2) is 22.8 Å². The van der Waals surface area contributed by atoms with E-state index in [0.717, 1.165) is 46.9 Å². The van der Waals surface area contributed by atoms with Crippen molar-refractivity contribution in [3.05, 3.63) is 83.9 Å². The molecule has 2 bridgehead atoms. The highest BCUT2D eigenvalue weighted by Crippen LogP contribution is 2.40. The van der Waals surface area contributed by atoms with Crippen LogP contribution in [0.4, 0.5) is 0 Å². The fraction of sp³-hybridized carbons (Fsp3) is 0.321. The van der Waals surface area contributed by atoms with E-state index in [1.165, 1.54) is 24.8 Å². The van der Waals surface area contributed by atoms with Crippen molar-refractivity contribution < 1.29 is 9.21 Å². The number of hydrogen-bond acceptors (Lipinski definition) is 3. The topological polar surface area (TPSA) is 33.5 Å². The van der Waals surface area contributed by atoms with Crippen LogP contribution >= 0.6 is 0 Å². The van der Waals surface area contributed by atoms with Gasteiger partial charge in [-0.3, -0.25) is 9.69 Å². The van der Waals surface area contributed by atoms with Crippen molar-refractivity contribution in [1.82, 2.24) is 4.90 Å². The second kappa shape index (κ2) is 7.65. The number of nitrogens with zero attached hydrogens (tertiary/aromatic N) is 1. The van der Waals surface area contributed by atoms with Crippen molar-refractivity contribution in [2.24, 2.45) is 5.92 Å². The molecule has 1 aromatic heterocycles. The number of hydrogen-bond donors (Lipinski definition) is 0. The molecule has 0 amide bonds. The zero-order valence-electron chi connectivity index (χ0n) is 17.7. The fourth-order valence-corrected chi connectivity index (χ4v) is 5.91. The lowest BCUT2D eigenvalue weighted by atomic mass is 9.75. The van der Waals surface area contributed by atoms with Crippen LogP contribution in [-0.2, 0) is 6.54 Å². The van der Waals surface area contributed by atoms with Crippen molar-refractivity contribution in [2.75, 3.05) is 0 Å². The van der Waals surface area contributed by atoms with Crippen molar-refractivity contribution in [1.29, 1.82) is 0 Å². The van der Waals surface area contributed by atoms with Crippen LogP contribution in [0.5, 0.6) is 0 Å². The van der Waals surface area contributed by atoms with Crippen LogP contribution in [0.2, 0.25) is 0 Å². The molecule has 156 valence electrons. The first-order valence-corrected chi connectivity index (χ1v) is 11.5. The molecule has 2 aliphatic rings. The number of ketones is 1. The minimum atomic E-state index is 0.0844. The molecule has 0 radical (unpaired) electrons. The summed E-state index contributed by atoms with van der Waals surface area (Å²) in [5.41, 5.74) is 3.74. The van der Waals surface area contributed by atoms with E-state index in [4.69, 9.17) is 4.42 Å². The Hall–Kier alpha value is -2.91. The Bertz CT molecular complexity index is 1230. The van der Waals surface area contributed by atoms with Gasteiger partial charge in [0.1, 0.15) is 11.2 Å². The molecule has 31 heavy (non-hydrogen) atoms. The number of Topliss-reactive ketones (excluding diaryl/α,β-unsaturated/α-hetero) is 1. The Morgan fingerprint density at radius 3 is 2.35 bits per heavy atom. The lowest BCUT2D eigenvalue weighted by Gasteiger charge is -2.48. The first-order chi connectivity index (χ1) is 15.3. The summed E-state index contributed by atoms with van der Waals surface area (Å²) in [6, 6.07) is 25.8. The van der Waals surface area contributed by atoms with E-state index < -0.39 is 0 Å². The van der Waals surface area contributed by atoms with E-state index in [1.54, 1.807) is 0 Å². The van der Waals surface area contributed by atoms with Gasteiger partial charge in [-0.1, -0.05) is 67.1 Å². The third kappa shape index (κ3) is 3.28. The minimum Gasteiger partial charge on any atom is -0.455 e. The van der Waals surface area contributed by atoms with Gasteiger partial charge in [-0.05, 0) is 43.4 Å². The number of rotatable bonds is 4. The number of para-hydroxylation sites is 2. The predicted octanol–water partition coefficient (Wildman–Crippen LogP) is 6.60. The Morgan fingerprint density at radius 1 is 0.839 bits per heavy atom. The maximum atomic E-state index is 13.7. The number of benzene rings is 3. The number of piperidine rings is 2. The molecule has 0 N–H and O–H groups in total. The van der Waals surface area contributed by atoms with E-state index >= 15 is 0 Å². The first kappa shape index (κ1) is 18.8. The Labute approximate surface area is 182 Å². The van der Waals surface area contributed by atoms with Crippen LogP contribution in [0.1, 0.15) is 48.0 Å². The summed E-state index contributed by atoms with van der Waals surface area (Å²) in [7, 11) is 0. The molecule has 6 rings (SSSR count). The van der Waals surface area contributed by atoms with Crippen molar-refractivity contribution in [3.63, 3.8) is 0 Å². The zero-order valence-corrected chi connectivity index (χ0v) is 17.7. The van der Waals surface area contributed by atoms with Crippen molar-refractivity contribution in [3.8, 4) is 0 Å². The average Bonchev–Trinajstić information content (AvgIpc) is 3.18. The summed E-state index contributed by atoms with van der Waals surface area (Å²) < 4.78 is 6.16. The smallest absolute Gasteiger partial charge is 0.169 e. The molecule has 2 unspecified atom stereocenters. The molecule has 2 saturated heterocycles. The summed E-state index contributed by atoms with van der Waals surface area (Å²) >= 11 is 0. The molecule has 4 aromatic rings. The van der Waals surface area contributed by atoms with Gasteiger partial charge in [0.2, 0.25) is 0 Å². The third-order valence-electron chi connectivity index (χ3n) is 7.37. The highest BCUT2D eigenvalue weighted by molar-refractivity contribution is 6.14. The van der Waals surface area contributed by atoms with Gasteiger partial charge in [0.25, 0.3) is 0 Å². The summed E-state index contributed by atoms with van der Waals surface area (Å²) in [6.45, 7) is 0.996. The quantitative estimate of drug-likeness (QED) is 0.356. The fourth-order valence-electron chi connectivity index (χ4n) is 5.91. The van der Waals surface area contributed by atoms with Crippen LogP contribution in [0.15, 0.2) is 77.2 Å². The van der Waals surface area contributed by atoms with Gasteiger partial charge in [0.05, 0.1) is 5.56 Å². The van der Waals surface area contributed by atoms with E-state index in [0.29, 0.717) is 12.1 Å². The second-order valence-electron chi connectivity index (χ2n) is 9.21. The van der Waals surface area contributed by atoms with Crippen molar-refractivity contribution in [2.45, 2.75) is 50.7 Å². The molecular weight excluding hydrogens is 382 g/mol. The normalized spacial score (nSPS) is 23.9. The second-order valence-corrected chi connectivity index (χ2v) is 9.21. The zero-order chi connectivity index (χ0) is 20.8. The van der Waals surface area contributed by atoms with Gasteiger partial charge >= 0.3 is 0 Å². The molecule has 3 aromatic carbocycles. The molecule has 2 aliphatic heterocycles. The summed E-state index contributed by atoms with van der Waals surface area (Å²) in [6.07, 6.45) is 5.59. The van der Waals surface area contributed by atoms with Gasteiger partial charge in [-0.15, -0.1) is 0 Å². The molecule has 0 saturated carbocycles. The molecule has 0 aliphatic carbocycles. The Morgan fingerprint density at radius 2 is 1.55 bits per heavy atom. The lowest BCUT2D eigenvalue weighted by molar-refractivity contribution is 0.00909. The molecular formula is C28H27NO2. The van der Waals surface area contributed by atoms with Crippen LogP contribution in [0, 0.1) is 5.92 Å². The maximum Gasteiger partial charge on any atom is 0.169 e. The van der Waals surface area contributed by atoms with Gasteiger partial charge in [-0.2, -0.15) is 0 Å². The Balaban J connectivity index is 1.29. The van der Waals surface area contributed by atoms with Gasteiger partial charge < -0.3 is 4.42 Å². The summed E-state index contributed by atoms with van der Waals surface area (Å²) in [4.78, 5) is 16.4. The molecule has 3 heteroatoms. The first-order valence-electron chi connectivity index (χ1n) is 11.5. The van der Waals surface area contributed by atoms with Gasteiger partial charge in [-0.25, -0.2) is 0 Å².